The zero-order valence-corrected chi connectivity index (χ0v) is 8.55. The molecule has 74 valence electrons. The summed E-state index contributed by atoms with van der Waals surface area (Å²) in [6.07, 6.45) is 1.77. The number of hydrogen-bond acceptors (Lipinski definition) is 1. The number of halogens is 1. The van der Waals surface area contributed by atoms with Crippen LogP contribution in [-0.4, -0.2) is 12.5 Å². The standard InChI is InChI=1S/C11H12ClNO/c12-10-3-1-8(2-4-10)7-9-5-6-13-11(9)14/h1-4,9H,5-7H2,(H,13,14). The van der Waals surface area contributed by atoms with Crippen molar-refractivity contribution >= 4 is 17.5 Å². The van der Waals surface area contributed by atoms with Gasteiger partial charge >= 0.3 is 0 Å². The molecule has 14 heavy (non-hydrogen) atoms. The lowest BCUT2D eigenvalue weighted by molar-refractivity contribution is -0.122. The van der Waals surface area contributed by atoms with Gasteiger partial charge in [0.15, 0.2) is 0 Å². The second-order valence-electron chi connectivity index (χ2n) is 3.61. The van der Waals surface area contributed by atoms with Crippen LogP contribution in [0.25, 0.3) is 0 Å². The van der Waals surface area contributed by atoms with E-state index in [1.54, 1.807) is 0 Å². The van der Waals surface area contributed by atoms with Gasteiger partial charge in [0.05, 0.1) is 0 Å². The number of rotatable bonds is 2. The average Bonchev–Trinajstić information content (AvgIpc) is 2.56. The van der Waals surface area contributed by atoms with Crippen LogP contribution >= 0.6 is 11.6 Å². The van der Waals surface area contributed by atoms with Crippen molar-refractivity contribution in [2.75, 3.05) is 6.54 Å². The number of hydrogen-bond donors (Lipinski definition) is 1. The minimum atomic E-state index is 0.149. The quantitative estimate of drug-likeness (QED) is 0.794. The summed E-state index contributed by atoms with van der Waals surface area (Å²) >= 11 is 5.78. The maximum Gasteiger partial charge on any atom is 0.223 e. The second-order valence-corrected chi connectivity index (χ2v) is 4.04. The molecule has 1 heterocycles. The zero-order valence-electron chi connectivity index (χ0n) is 7.79. The Kier molecular flexibility index (Phi) is 2.73. The summed E-state index contributed by atoms with van der Waals surface area (Å²) in [7, 11) is 0. The molecule has 3 heteroatoms. The summed E-state index contributed by atoms with van der Waals surface area (Å²) in [4.78, 5) is 11.3. The normalized spacial score (nSPS) is 20.9. The lowest BCUT2D eigenvalue weighted by Crippen LogP contribution is -2.20. The Labute approximate surface area is 88.3 Å². The minimum absolute atomic E-state index is 0.149. The van der Waals surface area contributed by atoms with Gasteiger partial charge in [-0.1, -0.05) is 23.7 Å². The van der Waals surface area contributed by atoms with Gasteiger partial charge in [-0.3, -0.25) is 4.79 Å². The molecule has 1 fully saturated rings. The van der Waals surface area contributed by atoms with Crippen LogP contribution < -0.4 is 5.32 Å². The molecule has 0 aromatic heterocycles. The van der Waals surface area contributed by atoms with Crippen LogP contribution in [0.1, 0.15) is 12.0 Å². The number of benzene rings is 1. The molecule has 0 radical (unpaired) electrons. The molecule has 0 bridgehead atoms. The first-order chi connectivity index (χ1) is 6.75. The highest BCUT2D eigenvalue weighted by molar-refractivity contribution is 6.30. The van der Waals surface area contributed by atoms with Gasteiger partial charge in [0, 0.05) is 17.5 Å². The average molecular weight is 210 g/mol. The predicted octanol–water partition coefficient (Wildman–Crippen LogP) is 2.02. The number of nitrogens with one attached hydrogen (secondary N) is 1. The number of carbonyl (C=O) groups is 1. The highest BCUT2D eigenvalue weighted by atomic mass is 35.5. The van der Waals surface area contributed by atoms with Gasteiger partial charge in [0.2, 0.25) is 5.91 Å². The number of carbonyl (C=O) groups excluding carboxylic acids is 1. The maximum atomic E-state index is 11.3. The molecule has 1 unspecified atom stereocenters. The number of amides is 1. The van der Waals surface area contributed by atoms with Gasteiger partial charge in [-0.15, -0.1) is 0 Å². The molecule has 2 nitrogen and oxygen atoms in total. The van der Waals surface area contributed by atoms with Crippen molar-refractivity contribution in [2.45, 2.75) is 12.8 Å². The van der Waals surface area contributed by atoms with Crippen molar-refractivity contribution in [1.82, 2.24) is 5.32 Å². The second kappa shape index (κ2) is 4.01. The topological polar surface area (TPSA) is 29.1 Å². The summed E-state index contributed by atoms with van der Waals surface area (Å²) in [5.41, 5.74) is 1.18. The SMILES string of the molecule is O=C1NCCC1Cc1ccc(Cl)cc1. The van der Waals surface area contributed by atoms with E-state index in [4.69, 9.17) is 11.6 Å². The lowest BCUT2D eigenvalue weighted by Gasteiger charge is -2.06. The summed E-state index contributed by atoms with van der Waals surface area (Å²) < 4.78 is 0. The smallest absolute Gasteiger partial charge is 0.223 e. The molecule has 0 spiro atoms. The fourth-order valence-electron chi connectivity index (χ4n) is 1.74. The molecule has 1 aliphatic heterocycles. The molecule has 0 aliphatic carbocycles. The highest BCUT2D eigenvalue weighted by Crippen LogP contribution is 2.17. The van der Waals surface area contributed by atoms with E-state index in [2.05, 4.69) is 5.32 Å². The maximum absolute atomic E-state index is 11.3. The lowest BCUT2D eigenvalue weighted by atomic mass is 9.98. The Bertz CT molecular complexity index is 334. The van der Waals surface area contributed by atoms with Gasteiger partial charge in [0.25, 0.3) is 0 Å². The van der Waals surface area contributed by atoms with E-state index < -0.39 is 0 Å². The Hall–Kier alpha value is -1.02. The van der Waals surface area contributed by atoms with Crippen molar-refractivity contribution in [2.24, 2.45) is 5.92 Å². The van der Waals surface area contributed by atoms with E-state index in [-0.39, 0.29) is 11.8 Å². The van der Waals surface area contributed by atoms with Crippen molar-refractivity contribution in [3.63, 3.8) is 0 Å². The van der Waals surface area contributed by atoms with E-state index in [0.29, 0.717) is 0 Å². The Balaban J connectivity index is 2.03. The monoisotopic (exact) mass is 209 g/mol. The summed E-state index contributed by atoms with van der Waals surface area (Å²) in [6, 6.07) is 7.69. The van der Waals surface area contributed by atoms with Crippen molar-refractivity contribution < 1.29 is 4.79 Å². The zero-order chi connectivity index (χ0) is 9.97. The van der Waals surface area contributed by atoms with E-state index in [1.165, 1.54) is 5.56 Å². The van der Waals surface area contributed by atoms with Crippen LogP contribution in [0.4, 0.5) is 0 Å². The van der Waals surface area contributed by atoms with E-state index in [1.807, 2.05) is 24.3 Å². The van der Waals surface area contributed by atoms with Crippen molar-refractivity contribution in [3.05, 3.63) is 34.9 Å². The van der Waals surface area contributed by atoms with Gasteiger partial charge in [-0.25, -0.2) is 0 Å². The van der Waals surface area contributed by atoms with Crippen molar-refractivity contribution in [3.8, 4) is 0 Å². The Morgan fingerprint density at radius 3 is 2.64 bits per heavy atom. The van der Waals surface area contributed by atoms with Crippen LogP contribution in [0.5, 0.6) is 0 Å². The fraction of sp³-hybridized carbons (Fsp3) is 0.364. The molecule has 1 aliphatic rings. The van der Waals surface area contributed by atoms with Crippen LogP contribution in [-0.2, 0) is 11.2 Å². The third kappa shape index (κ3) is 2.07. The minimum Gasteiger partial charge on any atom is -0.356 e. The molecule has 1 amide bonds. The predicted molar refractivity (Wildman–Crippen MR) is 56.3 cm³/mol. The first-order valence-corrected chi connectivity index (χ1v) is 5.15. The van der Waals surface area contributed by atoms with Gasteiger partial charge in [-0.05, 0) is 30.5 Å². The van der Waals surface area contributed by atoms with E-state index in [9.17, 15) is 4.79 Å². The van der Waals surface area contributed by atoms with Gasteiger partial charge in [0.1, 0.15) is 0 Å². The molecular weight excluding hydrogens is 198 g/mol. The first kappa shape index (κ1) is 9.53. The van der Waals surface area contributed by atoms with Crippen LogP contribution in [0.15, 0.2) is 24.3 Å². The Morgan fingerprint density at radius 1 is 1.36 bits per heavy atom. The molecule has 1 N–H and O–H groups in total. The summed E-state index contributed by atoms with van der Waals surface area (Å²) in [6.45, 7) is 0.817. The van der Waals surface area contributed by atoms with Crippen LogP contribution in [0.2, 0.25) is 5.02 Å². The molecular formula is C11H12ClNO. The first-order valence-electron chi connectivity index (χ1n) is 4.78. The largest absolute Gasteiger partial charge is 0.356 e. The van der Waals surface area contributed by atoms with Gasteiger partial charge < -0.3 is 5.32 Å². The third-order valence-electron chi connectivity index (χ3n) is 2.56. The molecule has 1 atom stereocenters. The van der Waals surface area contributed by atoms with E-state index >= 15 is 0 Å². The fourth-order valence-corrected chi connectivity index (χ4v) is 1.87. The van der Waals surface area contributed by atoms with Gasteiger partial charge in [-0.2, -0.15) is 0 Å². The summed E-state index contributed by atoms with van der Waals surface area (Å²) in [5, 5.41) is 3.58. The Morgan fingerprint density at radius 2 is 2.07 bits per heavy atom. The van der Waals surface area contributed by atoms with Crippen molar-refractivity contribution in [1.29, 1.82) is 0 Å². The highest BCUT2D eigenvalue weighted by Gasteiger charge is 2.23. The summed E-state index contributed by atoms with van der Waals surface area (Å²) in [5.74, 6) is 0.330. The molecule has 1 aromatic carbocycles. The van der Waals surface area contributed by atoms with Crippen LogP contribution in [0, 0.1) is 5.92 Å². The van der Waals surface area contributed by atoms with E-state index in [0.717, 1.165) is 24.4 Å². The van der Waals surface area contributed by atoms with Crippen LogP contribution in [0.3, 0.4) is 0 Å². The molecule has 1 aromatic rings. The molecule has 0 saturated carbocycles. The molecule has 2 rings (SSSR count). The molecule has 1 saturated heterocycles. The third-order valence-corrected chi connectivity index (χ3v) is 2.81.